The molecule has 1 saturated carbocycles. The molecule has 0 unspecified atom stereocenters. The third-order valence-electron chi connectivity index (χ3n) is 13.2. The van der Waals surface area contributed by atoms with Crippen molar-refractivity contribution in [3.8, 4) is 23.0 Å². The maximum atomic E-state index is 14.7. The molecule has 0 saturated heterocycles. The van der Waals surface area contributed by atoms with Gasteiger partial charge in [-0.2, -0.15) is 0 Å². The lowest BCUT2D eigenvalue weighted by Gasteiger charge is -2.56. The number of hydrogen-bond donors (Lipinski definition) is 3. The summed E-state index contributed by atoms with van der Waals surface area (Å²) in [5.41, 5.74) is 6.11. The lowest BCUT2D eigenvalue weighted by Crippen LogP contribution is -2.54. The Balaban J connectivity index is 1.39. The topological polar surface area (TPSA) is 132 Å². The summed E-state index contributed by atoms with van der Waals surface area (Å²) < 4.78 is 24.4. The second-order valence-electron chi connectivity index (χ2n) is 16.7. The number of allylic oxidation sites excluding steroid dienone is 1. The molecule has 0 radical (unpaired) electrons. The van der Waals surface area contributed by atoms with E-state index < -0.39 is 29.5 Å². The van der Waals surface area contributed by atoms with Crippen molar-refractivity contribution in [1.29, 1.82) is 0 Å². The number of ether oxygens (including phenoxy) is 4. The Morgan fingerprint density at radius 2 is 1.59 bits per heavy atom. The maximum absolute atomic E-state index is 14.7. The zero-order valence-corrected chi connectivity index (χ0v) is 34.7. The fourth-order valence-corrected chi connectivity index (χ4v) is 10.5. The van der Waals surface area contributed by atoms with Gasteiger partial charge in [0, 0.05) is 24.7 Å². The molecule has 3 N–H and O–H groups in total. The van der Waals surface area contributed by atoms with E-state index in [4.69, 9.17) is 18.9 Å². The van der Waals surface area contributed by atoms with Crippen LogP contribution in [0.3, 0.4) is 0 Å². The summed E-state index contributed by atoms with van der Waals surface area (Å²) in [6.45, 7) is 3.44. The summed E-state index contributed by atoms with van der Waals surface area (Å²) in [6.07, 6.45) is 10.0. The van der Waals surface area contributed by atoms with Crippen molar-refractivity contribution >= 4 is 18.0 Å². The molecule has 59 heavy (non-hydrogen) atoms. The van der Waals surface area contributed by atoms with E-state index in [9.17, 15) is 24.9 Å². The lowest BCUT2D eigenvalue weighted by molar-refractivity contribution is -0.165. The van der Waals surface area contributed by atoms with Crippen LogP contribution in [0, 0.1) is 17.3 Å². The second-order valence-corrected chi connectivity index (χ2v) is 16.7. The highest BCUT2D eigenvalue weighted by atomic mass is 16.6. The first-order valence-corrected chi connectivity index (χ1v) is 21.2. The lowest BCUT2D eigenvalue weighted by atomic mass is 9.49. The van der Waals surface area contributed by atoms with Crippen LogP contribution in [-0.4, -0.2) is 53.7 Å². The van der Waals surface area contributed by atoms with Crippen LogP contribution in [0.4, 0.5) is 0 Å². The van der Waals surface area contributed by atoms with Gasteiger partial charge in [-0.1, -0.05) is 92.9 Å². The zero-order valence-electron chi connectivity index (χ0n) is 34.7. The normalized spacial score (nSPS) is 24.0. The van der Waals surface area contributed by atoms with Crippen LogP contribution in [0.5, 0.6) is 23.0 Å². The minimum atomic E-state index is -0.619. The Bertz CT molecular complexity index is 2140. The van der Waals surface area contributed by atoms with Gasteiger partial charge in [-0.25, -0.2) is 0 Å². The van der Waals surface area contributed by atoms with Crippen LogP contribution >= 0.6 is 0 Å². The van der Waals surface area contributed by atoms with Gasteiger partial charge in [-0.05, 0) is 114 Å². The van der Waals surface area contributed by atoms with Gasteiger partial charge in [0.1, 0.15) is 12.2 Å². The molecule has 7 rings (SSSR count). The number of aryl methyl sites for hydroxylation is 1. The van der Waals surface area contributed by atoms with E-state index >= 15 is 0 Å². The van der Waals surface area contributed by atoms with Crippen LogP contribution in [0.2, 0.25) is 0 Å². The first-order chi connectivity index (χ1) is 28.6. The number of carbonyl (C=O) groups excluding carboxylic acids is 2. The number of methoxy groups -OCH3 is 2. The molecule has 7 atom stereocenters. The van der Waals surface area contributed by atoms with E-state index in [0.717, 1.165) is 64.6 Å². The highest BCUT2D eigenvalue weighted by molar-refractivity contribution is 5.78. The largest absolute Gasteiger partial charge is 0.504 e. The number of phenolic OH excluding ortho intramolecular Hbond substituents is 2. The quantitative estimate of drug-likeness (QED) is 0.0894. The van der Waals surface area contributed by atoms with E-state index in [1.807, 2.05) is 66.7 Å². The maximum Gasteiger partial charge on any atom is 0.313 e. The van der Waals surface area contributed by atoms with Crippen LogP contribution in [0.25, 0.3) is 6.08 Å². The Labute approximate surface area is 348 Å². The van der Waals surface area contributed by atoms with Gasteiger partial charge >= 0.3 is 11.9 Å². The van der Waals surface area contributed by atoms with Crippen molar-refractivity contribution < 1.29 is 43.9 Å². The van der Waals surface area contributed by atoms with Gasteiger partial charge in [0.05, 0.1) is 26.7 Å². The number of esters is 2. The van der Waals surface area contributed by atoms with Crippen molar-refractivity contribution in [2.45, 2.75) is 109 Å². The molecular formula is C50H58O9. The van der Waals surface area contributed by atoms with Gasteiger partial charge in [-0.15, -0.1) is 0 Å². The number of aliphatic hydroxyl groups excluding tert-OH is 1. The highest BCUT2D eigenvalue weighted by Gasteiger charge is 2.56. The molecular weight excluding hydrogens is 745 g/mol. The highest BCUT2D eigenvalue weighted by Crippen LogP contribution is 2.60. The van der Waals surface area contributed by atoms with Crippen LogP contribution in [-0.2, 0) is 44.9 Å². The van der Waals surface area contributed by atoms with E-state index in [-0.39, 0.29) is 48.2 Å². The molecule has 4 aromatic carbocycles. The third kappa shape index (κ3) is 8.86. The van der Waals surface area contributed by atoms with Crippen molar-refractivity contribution in [1.82, 2.24) is 0 Å². The van der Waals surface area contributed by atoms with E-state index in [1.165, 1.54) is 6.92 Å². The number of aliphatic hydroxyl groups is 1. The van der Waals surface area contributed by atoms with Gasteiger partial charge in [0.15, 0.2) is 23.0 Å². The molecule has 9 nitrogen and oxygen atoms in total. The number of benzene rings is 4. The van der Waals surface area contributed by atoms with Crippen molar-refractivity contribution in [3.63, 3.8) is 0 Å². The summed E-state index contributed by atoms with van der Waals surface area (Å²) in [4.78, 5) is 27.8. The Morgan fingerprint density at radius 1 is 0.847 bits per heavy atom. The molecule has 3 aliphatic rings. The number of unbranched alkanes of at least 4 members (excludes halogenated alkanes) is 2. The number of aromatic hydroxyl groups is 2. The molecule has 4 aromatic rings. The summed E-state index contributed by atoms with van der Waals surface area (Å²) in [5.74, 6) is -0.766. The van der Waals surface area contributed by atoms with E-state index in [0.29, 0.717) is 43.6 Å². The first kappa shape index (κ1) is 41.9. The molecule has 9 heteroatoms. The third-order valence-corrected chi connectivity index (χ3v) is 13.2. The molecule has 0 aliphatic heterocycles. The average Bonchev–Trinajstić information content (AvgIpc) is 3.23. The van der Waals surface area contributed by atoms with Crippen LogP contribution in [0.15, 0.2) is 84.9 Å². The fraction of sp³-hybridized carbons (Fsp3) is 0.440. The van der Waals surface area contributed by atoms with Gasteiger partial charge in [0.2, 0.25) is 0 Å². The molecule has 1 fully saturated rings. The number of carbonyl (C=O) groups is 2. The average molecular weight is 803 g/mol. The van der Waals surface area contributed by atoms with Crippen molar-refractivity contribution in [3.05, 3.63) is 124 Å². The number of phenols is 2. The second kappa shape index (κ2) is 18.3. The molecule has 0 heterocycles. The first-order valence-electron chi connectivity index (χ1n) is 21.2. The molecule has 0 amide bonds. The van der Waals surface area contributed by atoms with E-state index in [2.05, 4.69) is 31.2 Å². The smallest absolute Gasteiger partial charge is 0.313 e. The van der Waals surface area contributed by atoms with Gasteiger partial charge in [0.25, 0.3) is 0 Å². The summed E-state index contributed by atoms with van der Waals surface area (Å²) in [6, 6.07) is 25.2. The monoisotopic (exact) mass is 802 g/mol. The van der Waals surface area contributed by atoms with Crippen molar-refractivity contribution in [2.24, 2.45) is 17.3 Å². The minimum absolute atomic E-state index is 0.0345. The predicted molar refractivity (Wildman–Crippen MR) is 227 cm³/mol. The standard InChI is InChI=1S/C50H58O9/c1-5-6-8-16-39(34-15-11-14-33(21-34)30-51)49(55)59-38-26-41-40-28-48(57-4)44(53)23-35(40)17-18-42(41)50(20-19-32-12-9-7-10-13-32)29-37-24-45(54)47(56-3)25-36(37)22-43(50)46(27-38)58-31(2)52/h7,9-15,19-21,23-25,28,38-39,41-43,46,51,53-54H,5-6,8,16-18,22,26-27,29-30H2,1-4H3/t38-,39+,41-,42+,43-,46-,50+/m1/s1. The summed E-state index contributed by atoms with van der Waals surface area (Å²) >= 11 is 0. The molecule has 312 valence electrons. The summed E-state index contributed by atoms with van der Waals surface area (Å²) in [5, 5.41) is 32.1. The van der Waals surface area contributed by atoms with Gasteiger partial charge < -0.3 is 34.3 Å². The van der Waals surface area contributed by atoms with Crippen LogP contribution in [0.1, 0.15) is 110 Å². The SMILES string of the molecule is CCCCC[C@H](C(=O)O[C@@H]1C[C@@H]2c3cc(OC)c(O)cc3CC[C@@H]2[C@]2(C=Cc3ccccc3)Cc3cc(O)c(OC)cc3C[C@@H]2[C@H](OC(C)=O)C1)c1cccc(CO)c1. The zero-order chi connectivity index (χ0) is 41.7. The number of fused-ring (bicyclic) bond motifs is 6. The van der Waals surface area contributed by atoms with E-state index in [1.54, 1.807) is 14.2 Å². The molecule has 0 aromatic heterocycles. The summed E-state index contributed by atoms with van der Waals surface area (Å²) in [7, 11) is 3.09. The number of hydrogen-bond acceptors (Lipinski definition) is 9. The molecule has 0 bridgehead atoms. The minimum Gasteiger partial charge on any atom is -0.504 e. The Hall–Kier alpha value is -5.28. The Kier molecular flexibility index (Phi) is 13.0. The predicted octanol–water partition coefficient (Wildman–Crippen LogP) is 9.37. The van der Waals surface area contributed by atoms with Gasteiger partial charge in [-0.3, -0.25) is 9.59 Å². The Morgan fingerprint density at radius 3 is 2.31 bits per heavy atom. The number of rotatable bonds is 13. The molecule has 3 aliphatic carbocycles. The van der Waals surface area contributed by atoms with Crippen molar-refractivity contribution in [2.75, 3.05) is 14.2 Å². The van der Waals surface area contributed by atoms with Crippen LogP contribution < -0.4 is 9.47 Å². The fourth-order valence-electron chi connectivity index (χ4n) is 10.5. The molecule has 0 spiro atoms.